The summed E-state index contributed by atoms with van der Waals surface area (Å²) in [7, 11) is 0. The van der Waals surface area contributed by atoms with Gasteiger partial charge in [0.1, 0.15) is 22.8 Å². The van der Waals surface area contributed by atoms with Crippen LogP contribution < -0.4 is 4.74 Å². The average molecular weight is 464 g/mol. The van der Waals surface area contributed by atoms with Crippen molar-refractivity contribution < 1.29 is 45.0 Å². The first kappa shape index (κ1) is 21.6. The van der Waals surface area contributed by atoms with E-state index in [1.165, 1.54) is 45.0 Å². The van der Waals surface area contributed by atoms with Gasteiger partial charge in [0, 0.05) is 38.9 Å². The molecule has 174 valence electrons. The zero-order valence-corrected chi connectivity index (χ0v) is 18.3. The molecule has 5 rings (SSSR count). The Morgan fingerprint density at radius 1 is 0.794 bits per heavy atom. The normalized spacial score (nSPS) is 19.5. The number of Topliss-reactive ketones (excluding diaryl/α,β-unsaturated/α-hetero) is 2. The third-order valence-corrected chi connectivity index (χ3v) is 6.54. The molecule has 2 unspecified atom stereocenters. The lowest BCUT2D eigenvalue weighted by Gasteiger charge is -2.44. The van der Waals surface area contributed by atoms with Gasteiger partial charge in [-0.1, -0.05) is 0 Å². The average Bonchev–Trinajstić information content (AvgIpc) is 2.76. The van der Waals surface area contributed by atoms with E-state index in [-0.39, 0.29) is 50.3 Å². The summed E-state index contributed by atoms with van der Waals surface area (Å²) in [5.74, 6) is -4.36. The van der Waals surface area contributed by atoms with Gasteiger partial charge in [-0.15, -0.1) is 0 Å². The van der Waals surface area contributed by atoms with Crippen molar-refractivity contribution in [1.29, 1.82) is 0 Å². The first-order chi connectivity index (χ1) is 15.9. The van der Waals surface area contributed by atoms with Crippen LogP contribution in [-0.4, -0.2) is 42.2 Å². The Morgan fingerprint density at radius 3 is 1.97 bits per heavy atom. The molecule has 2 aliphatic rings. The van der Waals surface area contributed by atoms with Crippen molar-refractivity contribution in [2.45, 2.75) is 32.5 Å². The first-order valence-corrected chi connectivity index (χ1v) is 10.3. The fourth-order valence-electron chi connectivity index (χ4n) is 5.15. The van der Waals surface area contributed by atoms with E-state index in [0.717, 1.165) is 0 Å². The van der Waals surface area contributed by atoms with Gasteiger partial charge >= 0.3 is 0 Å². The van der Waals surface area contributed by atoms with Crippen LogP contribution in [-0.2, 0) is 5.60 Å². The second kappa shape index (κ2) is 6.64. The number of phenols is 5. The molecular weight excluding hydrogens is 444 g/mol. The number of rotatable bonds is 2. The molecule has 0 bridgehead atoms. The lowest BCUT2D eigenvalue weighted by molar-refractivity contribution is -0.0584. The first-order valence-electron chi connectivity index (χ1n) is 10.3. The van der Waals surface area contributed by atoms with Gasteiger partial charge in [-0.2, -0.15) is 0 Å². The number of benzene rings is 3. The lowest BCUT2D eigenvalue weighted by Crippen LogP contribution is -2.40. The van der Waals surface area contributed by atoms with Crippen LogP contribution >= 0.6 is 0 Å². The Hall–Kier alpha value is -4.24. The van der Waals surface area contributed by atoms with Crippen LogP contribution in [0.15, 0.2) is 24.3 Å². The maximum absolute atomic E-state index is 12.4. The maximum atomic E-state index is 12.4. The number of hydrogen-bond donors (Lipinski definition) is 6. The topological polar surface area (TPSA) is 165 Å². The number of ether oxygens (including phenoxy) is 1. The van der Waals surface area contributed by atoms with Crippen molar-refractivity contribution in [2.24, 2.45) is 0 Å². The molecule has 1 heterocycles. The molecule has 9 heteroatoms. The van der Waals surface area contributed by atoms with E-state index >= 15 is 0 Å². The van der Waals surface area contributed by atoms with Crippen LogP contribution in [0.5, 0.6) is 34.5 Å². The van der Waals surface area contributed by atoms with Crippen molar-refractivity contribution in [1.82, 2.24) is 0 Å². The summed E-state index contributed by atoms with van der Waals surface area (Å²) in [6.07, 6.45) is -1.33. The molecule has 6 N–H and O–H groups in total. The zero-order chi connectivity index (χ0) is 24.9. The summed E-state index contributed by atoms with van der Waals surface area (Å²) < 4.78 is 6.07. The van der Waals surface area contributed by atoms with Gasteiger partial charge in [0.2, 0.25) is 5.75 Å². The minimum atomic E-state index is -1.97. The third-order valence-electron chi connectivity index (χ3n) is 6.54. The summed E-state index contributed by atoms with van der Waals surface area (Å²) in [6.45, 7) is 3.83. The number of carbonyl (C=O) groups is 2. The summed E-state index contributed by atoms with van der Waals surface area (Å²) in [5.41, 5.74) is -2.69. The fourth-order valence-corrected chi connectivity index (χ4v) is 5.15. The highest BCUT2D eigenvalue weighted by Crippen LogP contribution is 2.65. The molecule has 0 saturated carbocycles. The molecule has 0 radical (unpaired) electrons. The number of phenolic OH excluding ortho intramolecular Hbond substituents is 5. The van der Waals surface area contributed by atoms with E-state index in [0.29, 0.717) is 0 Å². The van der Waals surface area contributed by atoms with Crippen molar-refractivity contribution in [3.8, 4) is 56.8 Å². The highest BCUT2D eigenvalue weighted by atomic mass is 16.5. The van der Waals surface area contributed by atoms with Crippen LogP contribution in [0.4, 0.5) is 0 Å². The van der Waals surface area contributed by atoms with E-state index in [4.69, 9.17) is 4.74 Å². The van der Waals surface area contributed by atoms with Crippen molar-refractivity contribution in [3.05, 3.63) is 46.5 Å². The molecule has 3 aromatic rings. The van der Waals surface area contributed by atoms with Crippen LogP contribution in [0.25, 0.3) is 22.3 Å². The van der Waals surface area contributed by atoms with Crippen molar-refractivity contribution in [3.63, 3.8) is 0 Å². The summed E-state index contributed by atoms with van der Waals surface area (Å²) in [4.78, 5) is 24.8. The number of carbonyl (C=O) groups excluding carboxylic acids is 2. The maximum Gasteiger partial charge on any atom is 0.201 e. The van der Waals surface area contributed by atoms with Gasteiger partial charge in [0.05, 0.1) is 5.56 Å². The molecule has 9 nitrogen and oxygen atoms in total. The van der Waals surface area contributed by atoms with Crippen LogP contribution in [0.3, 0.4) is 0 Å². The second-order valence-corrected chi connectivity index (χ2v) is 8.68. The van der Waals surface area contributed by atoms with Crippen molar-refractivity contribution in [2.75, 3.05) is 0 Å². The van der Waals surface area contributed by atoms with E-state index in [2.05, 4.69) is 0 Å². The van der Waals surface area contributed by atoms with E-state index in [9.17, 15) is 40.2 Å². The van der Waals surface area contributed by atoms with Gasteiger partial charge in [-0.3, -0.25) is 9.59 Å². The quantitative estimate of drug-likeness (QED) is 0.245. The van der Waals surface area contributed by atoms with Gasteiger partial charge in [0.15, 0.2) is 29.2 Å². The van der Waals surface area contributed by atoms with Gasteiger partial charge in [-0.05, 0) is 45.0 Å². The molecule has 0 amide bonds. The van der Waals surface area contributed by atoms with Crippen LogP contribution in [0.2, 0.25) is 0 Å². The van der Waals surface area contributed by atoms with Crippen molar-refractivity contribution >= 4 is 11.6 Å². The predicted octanol–water partition coefficient (Wildman–Crippen LogP) is 3.61. The number of aromatic hydroxyl groups is 5. The summed E-state index contributed by atoms with van der Waals surface area (Å²) in [5, 5.41) is 65.3. The molecule has 34 heavy (non-hydrogen) atoms. The molecule has 0 aromatic heterocycles. The molecule has 2 atom stereocenters. The van der Waals surface area contributed by atoms with Gasteiger partial charge in [-0.25, -0.2) is 0 Å². The highest BCUT2D eigenvalue weighted by Gasteiger charge is 2.52. The summed E-state index contributed by atoms with van der Waals surface area (Å²) in [6, 6.07) is 5.10. The molecule has 1 aliphatic carbocycles. The van der Waals surface area contributed by atoms with E-state index in [1.807, 2.05) is 0 Å². The fraction of sp³-hybridized carbons (Fsp3) is 0.200. The minimum absolute atomic E-state index is 0.0140. The van der Waals surface area contributed by atoms with Gasteiger partial charge in [0.25, 0.3) is 0 Å². The van der Waals surface area contributed by atoms with Crippen LogP contribution in [0.1, 0.15) is 58.7 Å². The third kappa shape index (κ3) is 2.47. The Morgan fingerprint density at radius 2 is 1.38 bits per heavy atom. The molecule has 1 aliphatic heterocycles. The number of hydrogen-bond acceptors (Lipinski definition) is 9. The Bertz CT molecular complexity index is 1470. The standard InChI is InChI=1S/C25H20O9/c1-8(26)10-4-5-12(29)15-17-19-18(22(31)23(32)21(17)30)16-13(7-6-11(28)14(16)9(2)27)34-24(19)25(3,33)20(10)15/h4-7,24,28-33H,1-3H3. The second-order valence-electron chi connectivity index (χ2n) is 8.68. The molecule has 3 aromatic carbocycles. The smallest absolute Gasteiger partial charge is 0.201 e. The minimum Gasteiger partial charge on any atom is -0.507 e. The monoisotopic (exact) mass is 464 g/mol. The van der Waals surface area contributed by atoms with Crippen LogP contribution in [0, 0.1) is 0 Å². The molecular formula is C25H20O9. The summed E-state index contributed by atoms with van der Waals surface area (Å²) >= 11 is 0. The molecule has 0 saturated heterocycles. The molecule has 0 spiro atoms. The Kier molecular flexibility index (Phi) is 4.22. The predicted molar refractivity (Wildman–Crippen MR) is 119 cm³/mol. The zero-order valence-electron chi connectivity index (χ0n) is 18.3. The Balaban J connectivity index is 2.06. The SMILES string of the molecule is CC(=O)c1ccc(O)c2c1C(C)(O)C1Oc3ccc(O)c(C(C)=O)c3-c3c(O)c(O)c(O)c-2c31. The number of fused-ring (bicyclic) bond motifs is 4. The number of ketones is 2. The lowest BCUT2D eigenvalue weighted by atomic mass is 9.68. The highest BCUT2D eigenvalue weighted by molar-refractivity contribution is 6.09. The van der Waals surface area contributed by atoms with E-state index < -0.39 is 52.0 Å². The largest absolute Gasteiger partial charge is 0.507 e. The van der Waals surface area contributed by atoms with Gasteiger partial charge < -0.3 is 35.4 Å². The number of aliphatic hydroxyl groups is 1. The Labute approximate surface area is 192 Å². The molecule has 0 fully saturated rings. The van der Waals surface area contributed by atoms with E-state index in [1.54, 1.807) is 0 Å².